The first-order valence-corrected chi connectivity index (χ1v) is 9.94. The van der Waals surface area contributed by atoms with Crippen molar-refractivity contribution in [3.63, 3.8) is 0 Å². The quantitative estimate of drug-likeness (QED) is 0.530. The summed E-state index contributed by atoms with van der Waals surface area (Å²) in [5, 5.41) is 0.476. The number of nitrogens with zero attached hydrogens (tertiary/aromatic N) is 2. The van der Waals surface area contributed by atoms with E-state index in [1.54, 1.807) is 18.2 Å². The molecule has 0 saturated carbocycles. The first-order valence-electron chi connectivity index (χ1n) is 9.13. The molecule has 0 saturated heterocycles. The molecule has 0 aliphatic heterocycles. The fraction of sp³-hybridized carbons (Fsp3) is 0.136. The van der Waals surface area contributed by atoms with Crippen molar-refractivity contribution in [1.82, 2.24) is 9.66 Å². The van der Waals surface area contributed by atoms with Crippen molar-refractivity contribution in [2.45, 2.75) is 6.92 Å². The van der Waals surface area contributed by atoms with Crippen LogP contribution < -0.4 is 20.5 Å². The molecule has 7 nitrogen and oxygen atoms in total. The van der Waals surface area contributed by atoms with Crippen LogP contribution in [0.1, 0.15) is 15.2 Å². The third-order valence-electron chi connectivity index (χ3n) is 4.72. The minimum absolute atomic E-state index is 0.244. The molecular formula is C22H19N3O4S. The van der Waals surface area contributed by atoms with E-state index >= 15 is 0 Å². The van der Waals surface area contributed by atoms with Crippen molar-refractivity contribution in [2.24, 2.45) is 0 Å². The van der Waals surface area contributed by atoms with Crippen LogP contribution in [-0.4, -0.2) is 29.8 Å². The molecule has 0 unspecified atom stereocenters. The summed E-state index contributed by atoms with van der Waals surface area (Å²) in [4.78, 5) is 32.1. The van der Waals surface area contributed by atoms with E-state index in [0.29, 0.717) is 21.7 Å². The van der Waals surface area contributed by atoms with Crippen LogP contribution in [0.4, 0.5) is 0 Å². The lowest BCUT2D eigenvalue weighted by Crippen LogP contribution is -2.33. The van der Waals surface area contributed by atoms with E-state index in [4.69, 9.17) is 9.47 Å². The fourth-order valence-corrected chi connectivity index (χ4v) is 4.30. The second-order valence-electron chi connectivity index (χ2n) is 6.51. The fourth-order valence-electron chi connectivity index (χ4n) is 3.30. The van der Waals surface area contributed by atoms with E-state index in [1.165, 1.54) is 31.9 Å². The van der Waals surface area contributed by atoms with Crippen molar-refractivity contribution in [1.29, 1.82) is 0 Å². The van der Waals surface area contributed by atoms with Gasteiger partial charge in [-0.05, 0) is 30.7 Å². The standard InChI is InChI=1S/C22H19N3O4S/c1-13-18(14-7-5-4-6-8-14)19-21(30-13)23-12-25(22(19)27)24-20(26)16-11-15(28-2)9-10-17(16)29-3/h4-12H,1-3H3,(H,24,26). The number of rotatable bonds is 5. The predicted molar refractivity (Wildman–Crippen MR) is 117 cm³/mol. The molecule has 2 heterocycles. The van der Waals surface area contributed by atoms with Crippen LogP contribution in [0, 0.1) is 6.92 Å². The van der Waals surface area contributed by atoms with E-state index in [2.05, 4.69) is 10.4 Å². The lowest BCUT2D eigenvalue weighted by atomic mass is 10.0. The molecule has 0 fully saturated rings. The van der Waals surface area contributed by atoms with Crippen molar-refractivity contribution in [2.75, 3.05) is 19.6 Å². The maximum absolute atomic E-state index is 13.2. The van der Waals surface area contributed by atoms with Gasteiger partial charge in [0, 0.05) is 10.4 Å². The second-order valence-corrected chi connectivity index (χ2v) is 7.71. The van der Waals surface area contributed by atoms with Gasteiger partial charge in [-0.15, -0.1) is 11.3 Å². The van der Waals surface area contributed by atoms with Gasteiger partial charge < -0.3 is 9.47 Å². The zero-order chi connectivity index (χ0) is 21.3. The van der Waals surface area contributed by atoms with Crippen molar-refractivity contribution in [3.8, 4) is 22.6 Å². The van der Waals surface area contributed by atoms with Gasteiger partial charge in [-0.25, -0.2) is 9.66 Å². The van der Waals surface area contributed by atoms with Crippen molar-refractivity contribution in [3.05, 3.63) is 75.7 Å². The van der Waals surface area contributed by atoms with Crippen LogP contribution in [-0.2, 0) is 0 Å². The molecular weight excluding hydrogens is 402 g/mol. The third kappa shape index (κ3) is 3.42. The largest absolute Gasteiger partial charge is 0.497 e. The number of carbonyl (C=O) groups excluding carboxylic acids is 1. The minimum atomic E-state index is -0.512. The van der Waals surface area contributed by atoms with Crippen LogP contribution in [0.3, 0.4) is 0 Å². The van der Waals surface area contributed by atoms with Crippen molar-refractivity contribution >= 4 is 27.5 Å². The molecule has 0 atom stereocenters. The van der Waals surface area contributed by atoms with Gasteiger partial charge in [0.2, 0.25) is 0 Å². The molecule has 1 N–H and O–H groups in total. The summed E-state index contributed by atoms with van der Waals surface area (Å²) in [6.07, 6.45) is 1.32. The molecule has 2 aromatic heterocycles. The smallest absolute Gasteiger partial charge is 0.281 e. The number of hydrogen-bond donors (Lipinski definition) is 1. The Morgan fingerprint density at radius 2 is 1.87 bits per heavy atom. The Morgan fingerprint density at radius 3 is 2.57 bits per heavy atom. The van der Waals surface area contributed by atoms with Crippen LogP contribution in [0.25, 0.3) is 21.3 Å². The van der Waals surface area contributed by atoms with E-state index in [-0.39, 0.29) is 11.1 Å². The number of hydrogen-bond acceptors (Lipinski definition) is 6. The van der Waals surface area contributed by atoms with Crippen molar-refractivity contribution < 1.29 is 14.3 Å². The summed E-state index contributed by atoms with van der Waals surface area (Å²) in [6, 6.07) is 14.5. The number of fused-ring (bicyclic) bond motifs is 1. The van der Waals surface area contributed by atoms with Gasteiger partial charge in [0.05, 0.1) is 25.2 Å². The van der Waals surface area contributed by atoms with E-state index in [0.717, 1.165) is 20.7 Å². The molecule has 8 heteroatoms. The second kappa shape index (κ2) is 8.00. The highest BCUT2D eigenvalue weighted by Gasteiger charge is 2.19. The van der Waals surface area contributed by atoms with Crippen LogP contribution >= 0.6 is 11.3 Å². The van der Waals surface area contributed by atoms with E-state index in [9.17, 15) is 9.59 Å². The summed E-state index contributed by atoms with van der Waals surface area (Å²) in [6.45, 7) is 1.96. The molecule has 152 valence electrons. The highest BCUT2D eigenvalue weighted by atomic mass is 32.1. The van der Waals surface area contributed by atoms with E-state index < -0.39 is 5.91 Å². The van der Waals surface area contributed by atoms with Gasteiger partial charge >= 0.3 is 0 Å². The highest BCUT2D eigenvalue weighted by Crippen LogP contribution is 2.35. The molecule has 0 aliphatic carbocycles. The zero-order valence-corrected chi connectivity index (χ0v) is 17.4. The van der Waals surface area contributed by atoms with Gasteiger partial charge in [-0.2, -0.15) is 0 Å². The number of amides is 1. The van der Waals surface area contributed by atoms with Crippen LogP contribution in [0.15, 0.2) is 59.7 Å². The van der Waals surface area contributed by atoms with Gasteiger partial charge in [-0.1, -0.05) is 30.3 Å². The Kier molecular flexibility index (Phi) is 5.24. The average molecular weight is 421 g/mol. The first kappa shape index (κ1) is 19.7. The number of benzene rings is 2. The Bertz CT molecular complexity index is 1300. The monoisotopic (exact) mass is 421 g/mol. The topological polar surface area (TPSA) is 82.4 Å². The van der Waals surface area contributed by atoms with Crippen LogP contribution in [0.5, 0.6) is 11.5 Å². The summed E-state index contributed by atoms with van der Waals surface area (Å²) in [5.41, 5.74) is 4.26. The van der Waals surface area contributed by atoms with E-state index in [1.807, 2.05) is 37.3 Å². The summed E-state index contributed by atoms with van der Waals surface area (Å²) < 4.78 is 11.6. The lowest BCUT2D eigenvalue weighted by Gasteiger charge is -2.12. The van der Waals surface area contributed by atoms with Gasteiger partial charge in [0.1, 0.15) is 22.7 Å². The summed E-state index contributed by atoms with van der Waals surface area (Å²) in [5.74, 6) is 0.357. The molecule has 30 heavy (non-hydrogen) atoms. The number of thiophene rings is 1. The number of aromatic nitrogens is 2. The molecule has 2 aromatic carbocycles. The average Bonchev–Trinajstić information content (AvgIpc) is 3.12. The summed E-state index contributed by atoms with van der Waals surface area (Å²) in [7, 11) is 2.98. The Hall–Kier alpha value is -3.65. The maximum Gasteiger partial charge on any atom is 0.281 e. The maximum atomic E-state index is 13.2. The molecule has 1 amide bonds. The Labute approximate surface area is 176 Å². The zero-order valence-electron chi connectivity index (χ0n) is 16.6. The minimum Gasteiger partial charge on any atom is -0.497 e. The number of methoxy groups -OCH3 is 2. The van der Waals surface area contributed by atoms with Gasteiger partial charge in [0.25, 0.3) is 11.5 Å². The molecule has 0 bridgehead atoms. The highest BCUT2D eigenvalue weighted by molar-refractivity contribution is 7.19. The first-order chi connectivity index (χ1) is 14.5. The number of nitrogens with one attached hydrogen (secondary N) is 1. The summed E-state index contributed by atoms with van der Waals surface area (Å²) >= 11 is 1.45. The third-order valence-corrected chi connectivity index (χ3v) is 5.74. The number of carbonyl (C=O) groups is 1. The predicted octanol–water partition coefficient (Wildman–Crippen LogP) is 3.83. The molecule has 4 aromatic rings. The Balaban J connectivity index is 1.79. The van der Waals surface area contributed by atoms with Gasteiger partial charge in [-0.3, -0.25) is 15.0 Å². The van der Waals surface area contributed by atoms with Crippen LogP contribution in [0.2, 0.25) is 0 Å². The van der Waals surface area contributed by atoms with Gasteiger partial charge in [0.15, 0.2) is 0 Å². The SMILES string of the molecule is COc1ccc(OC)c(C(=O)Nn2cnc3sc(C)c(-c4ccccc4)c3c2=O)c1. The molecule has 0 aliphatic rings. The normalized spacial score (nSPS) is 10.8. The molecule has 0 spiro atoms. The number of ether oxygens (including phenoxy) is 2. The molecule has 0 radical (unpaired) electrons. The number of aryl methyl sites for hydroxylation is 1. The molecule has 4 rings (SSSR count). The Morgan fingerprint density at radius 1 is 1.10 bits per heavy atom. The lowest BCUT2D eigenvalue weighted by molar-refractivity contribution is 0.100.